The van der Waals surface area contributed by atoms with Crippen LogP contribution in [0.2, 0.25) is 0 Å². The first-order valence-corrected chi connectivity index (χ1v) is 3.92. The molecule has 0 saturated heterocycles. The van der Waals surface area contributed by atoms with E-state index in [9.17, 15) is 4.79 Å². The number of nitrogens with zero attached hydrogens (tertiary/aromatic N) is 1. The summed E-state index contributed by atoms with van der Waals surface area (Å²) in [6.07, 6.45) is 4.85. The average molecular weight is 210 g/mol. The van der Waals surface area contributed by atoms with Crippen molar-refractivity contribution in [3.05, 3.63) is 54.7 Å². The Morgan fingerprint density at radius 3 is 2.43 bits per heavy atom. The van der Waals surface area contributed by atoms with E-state index >= 15 is 0 Å². The van der Waals surface area contributed by atoms with Crippen molar-refractivity contribution >= 4 is 5.91 Å². The van der Waals surface area contributed by atoms with Crippen molar-refractivity contribution in [2.24, 2.45) is 0 Å². The minimum Gasteiger partial charge on any atom is -1.00 e. The third kappa shape index (κ3) is 2.00. The number of hydrogen-bond donors (Lipinski definition) is 0. The molecule has 0 aliphatic heterocycles. The Kier molecular flexibility index (Phi) is 3.42. The van der Waals surface area contributed by atoms with Gasteiger partial charge in [0.15, 0.2) is 12.4 Å². The lowest BCUT2D eigenvalue weighted by Crippen LogP contribution is -3.00. The van der Waals surface area contributed by atoms with Gasteiger partial charge in [0, 0.05) is 12.1 Å². The first-order valence-electron chi connectivity index (χ1n) is 3.92. The number of halogens is 1. The molecule has 2 aromatic heterocycles. The van der Waals surface area contributed by atoms with Crippen molar-refractivity contribution in [3.63, 3.8) is 0 Å². The molecule has 0 atom stereocenters. The standard InChI is InChI=1S/C10H8NO2.ClH/c12-10(9-5-4-8-13-9)11-6-2-1-3-7-11;/h1-8H;1H/q+1;/p-1. The second-order valence-electron chi connectivity index (χ2n) is 2.57. The van der Waals surface area contributed by atoms with Crippen molar-refractivity contribution in [1.29, 1.82) is 0 Å². The van der Waals surface area contributed by atoms with Crippen LogP contribution in [-0.4, -0.2) is 5.91 Å². The van der Waals surface area contributed by atoms with Crippen molar-refractivity contribution in [1.82, 2.24) is 0 Å². The van der Waals surface area contributed by atoms with Crippen LogP contribution < -0.4 is 17.0 Å². The van der Waals surface area contributed by atoms with Crippen molar-refractivity contribution in [2.45, 2.75) is 0 Å². The molecule has 0 amide bonds. The number of hydrogen-bond acceptors (Lipinski definition) is 2. The molecule has 0 saturated carbocycles. The smallest absolute Gasteiger partial charge is 0.460 e. The maximum absolute atomic E-state index is 11.6. The molecule has 0 radical (unpaired) electrons. The molecule has 2 rings (SSSR count). The Labute approximate surface area is 87.4 Å². The molecular weight excluding hydrogens is 202 g/mol. The number of pyridine rings is 1. The first kappa shape index (κ1) is 10.5. The number of aromatic nitrogens is 1. The summed E-state index contributed by atoms with van der Waals surface area (Å²) >= 11 is 0. The largest absolute Gasteiger partial charge is 1.00 e. The fourth-order valence-corrected chi connectivity index (χ4v) is 1.06. The topological polar surface area (TPSA) is 34.1 Å². The van der Waals surface area contributed by atoms with E-state index in [1.807, 2.05) is 6.07 Å². The van der Waals surface area contributed by atoms with Crippen LogP contribution in [0.15, 0.2) is 53.4 Å². The van der Waals surface area contributed by atoms with Crippen LogP contribution >= 0.6 is 0 Å². The predicted octanol–water partition coefficient (Wildman–Crippen LogP) is -1.74. The maximum Gasteiger partial charge on any atom is 0.460 e. The van der Waals surface area contributed by atoms with Gasteiger partial charge in [0.1, 0.15) is 0 Å². The zero-order valence-electron chi connectivity index (χ0n) is 7.26. The molecule has 0 aromatic carbocycles. The summed E-state index contributed by atoms with van der Waals surface area (Å²) in [6.45, 7) is 0. The summed E-state index contributed by atoms with van der Waals surface area (Å²) in [5.74, 6) is 0.182. The van der Waals surface area contributed by atoms with Gasteiger partial charge in [0.25, 0.3) is 0 Å². The molecule has 0 aliphatic carbocycles. The van der Waals surface area contributed by atoms with Crippen LogP contribution in [0.25, 0.3) is 0 Å². The van der Waals surface area contributed by atoms with Crippen molar-refractivity contribution in [2.75, 3.05) is 0 Å². The molecule has 0 spiro atoms. The molecule has 0 N–H and O–H groups in total. The number of rotatable bonds is 1. The monoisotopic (exact) mass is 209 g/mol. The second-order valence-corrected chi connectivity index (χ2v) is 2.57. The van der Waals surface area contributed by atoms with Gasteiger partial charge in [-0.3, -0.25) is 0 Å². The Balaban J connectivity index is 0.000000980. The normalized spacial score (nSPS) is 9.14. The van der Waals surface area contributed by atoms with Crippen LogP contribution in [0.3, 0.4) is 0 Å². The van der Waals surface area contributed by atoms with Crippen LogP contribution in [0.4, 0.5) is 0 Å². The third-order valence-corrected chi connectivity index (χ3v) is 1.68. The molecular formula is C10H8ClNO2. The van der Waals surface area contributed by atoms with Gasteiger partial charge in [-0.25, -0.2) is 4.79 Å². The summed E-state index contributed by atoms with van der Waals surface area (Å²) in [5, 5.41) is 0. The van der Waals surface area contributed by atoms with Crippen molar-refractivity contribution in [3.8, 4) is 0 Å². The minimum absolute atomic E-state index is 0. The lowest BCUT2D eigenvalue weighted by atomic mass is 10.4. The lowest BCUT2D eigenvalue weighted by Gasteiger charge is -1.88. The van der Waals surface area contributed by atoms with Gasteiger partial charge in [-0.15, -0.1) is 4.57 Å². The Bertz CT molecular complexity index is 397. The average Bonchev–Trinajstić information content (AvgIpc) is 2.71. The molecule has 0 aliphatic rings. The van der Waals surface area contributed by atoms with Gasteiger partial charge in [-0.2, -0.15) is 0 Å². The predicted molar refractivity (Wildman–Crippen MR) is 45.1 cm³/mol. The zero-order valence-corrected chi connectivity index (χ0v) is 8.02. The van der Waals surface area contributed by atoms with Crippen LogP contribution in [0, 0.1) is 0 Å². The summed E-state index contributed by atoms with van der Waals surface area (Å²) in [6, 6.07) is 8.77. The molecule has 2 heterocycles. The highest BCUT2D eigenvalue weighted by atomic mass is 35.5. The highest BCUT2D eigenvalue weighted by Crippen LogP contribution is 1.98. The van der Waals surface area contributed by atoms with E-state index in [0.29, 0.717) is 5.76 Å². The zero-order chi connectivity index (χ0) is 9.10. The van der Waals surface area contributed by atoms with E-state index in [1.54, 1.807) is 36.7 Å². The van der Waals surface area contributed by atoms with E-state index in [-0.39, 0.29) is 18.3 Å². The Morgan fingerprint density at radius 1 is 1.14 bits per heavy atom. The highest BCUT2D eigenvalue weighted by Gasteiger charge is 2.18. The summed E-state index contributed by atoms with van der Waals surface area (Å²) in [5.41, 5.74) is 0. The third-order valence-electron chi connectivity index (χ3n) is 1.68. The Morgan fingerprint density at radius 2 is 1.86 bits per heavy atom. The lowest BCUT2D eigenvalue weighted by molar-refractivity contribution is -0.571. The van der Waals surface area contributed by atoms with Crippen LogP contribution in [0.5, 0.6) is 0 Å². The van der Waals surface area contributed by atoms with E-state index in [1.165, 1.54) is 10.8 Å². The molecule has 72 valence electrons. The molecule has 4 heteroatoms. The molecule has 0 bridgehead atoms. The Hall–Kier alpha value is -1.61. The summed E-state index contributed by atoms with van der Waals surface area (Å²) < 4.78 is 6.45. The van der Waals surface area contributed by atoms with E-state index in [2.05, 4.69) is 0 Å². The van der Waals surface area contributed by atoms with E-state index in [4.69, 9.17) is 4.42 Å². The SMILES string of the molecule is O=C(c1ccco1)[n+]1ccccc1.[Cl-]. The van der Waals surface area contributed by atoms with E-state index < -0.39 is 0 Å². The van der Waals surface area contributed by atoms with Gasteiger partial charge in [0.05, 0.1) is 6.26 Å². The molecule has 0 unspecified atom stereocenters. The van der Waals surface area contributed by atoms with Crippen molar-refractivity contribution < 1.29 is 26.2 Å². The van der Waals surface area contributed by atoms with Gasteiger partial charge in [-0.05, 0) is 12.1 Å². The molecule has 2 aromatic rings. The molecule has 14 heavy (non-hydrogen) atoms. The molecule has 0 fully saturated rings. The highest BCUT2D eigenvalue weighted by molar-refractivity contribution is 5.83. The summed E-state index contributed by atoms with van der Waals surface area (Å²) in [4.78, 5) is 11.6. The number of carbonyl (C=O) groups is 1. The second kappa shape index (κ2) is 4.58. The number of furan rings is 1. The van der Waals surface area contributed by atoms with Crippen LogP contribution in [0.1, 0.15) is 10.6 Å². The van der Waals surface area contributed by atoms with E-state index in [0.717, 1.165) is 0 Å². The van der Waals surface area contributed by atoms with Gasteiger partial charge in [0.2, 0.25) is 5.76 Å². The fraction of sp³-hybridized carbons (Fsp3) is 0. The minimum atomic E-state index is -0.161. The molecule has 3 nitrogen and oxygen atoms in total. The maximum atomic E-state index is 11.6. The quantitative estimate of drug-likeness (QED) is 0.523. The number of carbonyl (C=O) groups excluding carboxylic acids is 1. The van der Waals surface area contributed by atoms with Gasteiger partial charge in [-0.1, -0.05) is 6.07 Å². The summed E-state index contributed by atoms with van der Waals surface area (Å²) in [7, 11) is 0. The van der Waals surface area contributed by atoms with Crippen LogP contribution in [-0.2, 0) is 0 Å². The van der Waals surface area contributed by atoms with Gasteiger partial charge >= 0.3 is 5.91 Å². The fourth-order valence-electron chi connectivity index (χ4n) is 1.06. The first-order chi connectivity index (χ1) is 6.38. The van der Waals surface area contributed by atoms with Gasteiger partial charge < -0.3 is 16.8 Å².